The number of carbonyl (C=O) groups is 1. The first kappa shape index (κ1) is 14.0. The van der Waals surface area contributed by atoms with E-state index in [9.17, 15) is 4.79 Å². The fourth-order valence-electron chi connectivity index (χ4n) is 3.91. The molecule has 2 fully saturated rings. The standard InChI is InChI=1S/C15H22O5/c1-10(16)17-11-6-7-12(2,3)15-9-8-13(4,19-20-15)18-14(11,15)5/h8-9,11H,6-7H2,1-5H3/t11-,13-,14+,15-/m1/s1. The molecule has 0 aromatic rings. The molecule has 3 aliphatic heterocycles. The van der Waals surface area contributed by atoms with Gasteiger partial charge in [-0.3, -0.25) is 4.79 Å². The molecule has 1 saturated carbocycles. The lowest BCUT2D eigenvalue weighted by molar-refractivity contribution is -0.555. The largest absolute Gasteiger partial charge is 0.459 e. The summed E-state index contributed by atoms with van der Waals surface area (Å²) in [5.74, 6) is -1.23. The molecule has 1 aliphatic carbocycles. The van der Waals surface area contributed by atoms with Crippen molar-refractivity contribution in [1.29, 1.82) is 0 Å². The van der Waals surface area contributed by atoms with Crippen molar-refractivity contribution in [2.45, 2.75) is 70.6 Å². The van der Waals surface area contributed by atoms with Crippen LogP contribution in [0.15, 0.2) is 12.2 Å². The number of hydrogen-bond acceptors (Lipinski definition) is 5. The molecule has 112 valence electrons. The SMILES string of the molecule is CC(=O)O[C@@H]1CCC(C)(C)[C@@]23C=C[C@@](C)(OO2)O[C@@]13C. The Balaban J connectivity index is 2.10. The Kier molecular flexibility index (Phi) is 2.70. The van der Waals surface area contributed by atoms with E-state index in [1.54, 1.807) is 6.92 Å². The molecule has 5 heteroatoms. The third kappa shape index (κ3) is 1.57. The highest BCUT2D eigenvalue weighted by Gasteiger charge is 2.72. The van der Waals surface area contributed by atoms with Crippen LogP contribution in [0.5, 0.6) is 0 Å². The minimum Gasteiger partial charge on any atom is -0.459 e. The molecule has 5 nitrogen and oxygen atoms in total. The Hall–Kier alpha value is -0.910. The van der Waals surface area contributed by atoms with Gasteiger partial charge in [0.15, 0.2) is 5.60 Å². The zero-order valence-corrected chi connectivity index (χ0v) is 12.7. The van der Waals surface area contributed by atoms with E-state index in [1.165, 1.54) is 6.92 Å². The van der Waals surface area contributed by atoms with Gasteiger partial charge in [-0.25, -0.2) is 4.89 Å². The molecule has 0 aromatic carbocycles. The van der Waals surface area contributed by atoms with Crippen molar-refractivity contribution in [1.82, 2.24) is 0 Å². The molecule has 0 unspecified atom stereocenters. The number of hydrogen-bond donors (Lipinski definition) is 0. The highest BCUT2D eigenvalue weighted by molar-refractivity contribution is 5.66. The van der Waals surface area contributed by atoms with Gasteiger partial charge in [0, 0.05) is 12.3 Å². The van der Waals surface area contributed by atoms with E-state index in [2.05, 4.69) is 13.8 Å². The summed E-state index contributed by atoms with van der Waals surface area (Å²) in [6.07, 6.45) is 5.17. The quantitative estimate of drug-likeness (QED) is 0.420. The van der Waals surface area contributed by atoms with E-state index < -0.39 is 17.0 Å². The second-order valence-electron chi connectivity index (χ2n) is 6.98. The van der Waals surface area contributed by atoms with E-state index in [0.29, 0.717) is 0 Å². The molecule has 3 heterocycles. The molecule has 0 N–H and O–H groups in total. The third-order valence-electron chi connectivity index (χ3n) is 5.07. The van der Waals surface area contributed by atoms with Crippen LogP contribution in [0.3, 0.4) is 0 Å². The number of ether oxygens (including phenoxy) is 2. The van der Waals surface area contributed by atoms with Gasteiger partial charge in [0.25, 0.3) is 0 Å². The molecule has 4 aliphatic rings. The fraction of sp³-hybridized carbons (Fsp3) is 0.800. The lowest BCUT2D eigenvalue weighted by atomic mass is 9.56. The summed E-state index contributed by atoms with van der Waals surface area (Å²) in [5, 5.41) is 0. The molecule has 4 atom stereocenters. The highest BCUT2D eigenvalue weighted by Crippen LogP contribution is 2.60. The smallest absolute Gasteiger partial charge is 0.303 e. The van der Waals surface area contributed by atoms with Crippen LogP contribution in [0.4, 0.5) is 0 Å². The summed E-state index contributed by atoms with van der Waals surface area (Å²) < 4.78 is 11.7. The fourth-order valence-corrected chi connectivity index (χ4v) is 3.91. The van der Waals surface area contributed by atoms with Crippen molar-refractivity contribution in [2.75, 3.05) is 0 Å². The van der Waals surface area contributed by atoms with Gasteiger partial charge < -0.3 is 9.47 Å². The van der Waals surface area contributed by atoms with E-state index >= 15 is 0 Å². The predicted octanol–water partition coefficient (Wildman–Crippen LogP) is 2.50. The average Bonchev–Trinajstić information content (AvgIpc) is 2.32. The topological polar surface area (TPSA) is 54.0 Å². The van der Waals surface area contributed by atoms with Crippen molar-refractivity contribution in [3.8, 4) is 0 Å². The van der Waals surface area contributed by atoms with E-state index in [4.69, 9.17) is 19.2 Å². The van der Waals surface area contributed by atoms with Crippen LogP contribution in [0.2, 0.25) is 0 Å². The molecule has 20 heavy (non-hydrogen) atoms. The van der Waals surface area contributed by atoms with Gasteiger partial charge in [-0.2, -0.15) is 4.89 Å². The summed E-state index contributed by atoms with van der Waals surface area (Å²) in [5.41, 5.74) is -1.70. The maximum absolute atomic E-state index is 11.4. The Bertz CT molecular complexity index is 485. The van der Waals surface area contributed by atoms with Crippen LogP contribution in [0, 0.1) is 5.41 Å². The molecular weight excluding hydrogens is 260 g/mol. The Morgan fingerprint density at radius 2 is 1.90 bits per heavy atom. The first-order valence-corrected chi connectivity index (χ1v) is 7.09. The second kappa shape index (κ2) is 3.84. The van der Waals surface area contributed by atoms with Crippen LogP contribution in [-0.4, -0.2) is 29.1 Å². The van der Waals surface area contributed by atoms with Gasteiger partial charge >= 0.3 is 5.97 Å². The Morgan fingerprint density at radius 3 is 2.45 bits per heavy atom. The van der Waals surface area contributed by atoms with Crippen molar-refractivity contribution < 1.29 is 24.0 Å². The van der Waals surface area contributed by atoms with Gasteiger partial charge in [-0.05, 0) is 38.8 Å². The van der Waals surface area contributed by atoms with Crippen LogP contribution < -0.4 is 0 Å². The minimum absolute atomic E-state index is 0.184. The summed E-state index contributed by atoms with van der Waals surface area (Å²) >= 11 is 0. The second-order valence-corrected chi connectivity index (χ2v) is 6.98. The predicted molar refractivity (Wildman–Crippen MR) is 70.5 cm³/mol. The zero-order chi connectivity index (χ0) is 14.8. The first-order chi connectivity index (χ1) is 9.14. The normalized spacial score (nSPS) is 48.8. The summed E-state index contributed by atoms with van der Waals surface area (Å²) in [6, 6.07) is 0. The Labute approximate surface area is 119 Å². The van der Waals surface area contributed by atoms with Gasteiger partial charge in [0.05, 0.1) is 0 Å². The van der Waals surface area contributed by atoms with Crippen LogP contribution in [0.25, 0.3) is 0 Å². The summed E-state index contributed by atoms with van der Waals surface area (Å²) in [6.45, 7) is 9.42. The highest BCUT2D eigenvalue weighted by atomic mass is 17.3. The molecule has 1 spiro atoms. The van der Waals surface area contributed by atoms with Gasteiger partial charge in [-0.1, -0.05) is 13.8 Å². The molecule has 2 bridgehead atoms. The molecular formula is C15H22O5. The number of esters is 1. The number of carbonyl (C=O) groups excluding carboxylic acids is 1. The average molecular weight is 282 g/mol. The maximum Gasteiger partial charge on any atom is 0.303 e. The van der Waals surface area contributed by atoms with Crippen molar-refractivity contribution >= 4 is 5.97 Å². The summed E-state index contributed by atoms with van der Waals surface area (Å²) in [7, 11) is 0. The molecule has 4 rings (SSSR count). The molecule has 1 saturated heterocycles. The minimum atomic E-state index is -0.928. The molecule has 0 amide bonds. The van der Waals surface area contributed by atoms with Crippen LogP contribution >= 0.6 is 0 Å². The van der Waals surface area contributed by atoms with E-state index in [-0.39, 0.29) is 17.5 Å². The molecule has 0 aromatic heterocycles. The summed E-state index contributed by atoms with van der Waals surface area (Å²) in [4.78, 5) is 22.6. The number of fused-ring (bicyclic) bond motifs is 1. The van der Waals surface area contributed by atoms with Gasteiger partial charge in [-0.15, -0.1) is 0 Å². The van der Waals surface area contributed by atoms with Crippen LogP contribution in [0.1, 0.15) is 47.5 Å². The van der Waals surface area contributed by atoms with Crippen molar-refractivity contribution in [3.05, 3.63) is 12.2 Å². The molecule has 0 radical (unpaired) electrons. The van der Waals surface area contributed by atoms with Crippen LogP contribution in [-0.2, 0) is 24.0 Å². The van der Waals surface area contributed by atoms with Crippen molar-refractivity contribution in [2.24, 2.45) is 5.41 Å². The lowest BCUT2D eigenvalue weighted by Gasteiger charge is -2.65. The monoisotopic (exact) mass is 282 g/mol. The van der Waals surface area contributed by atoms with Crippen molar-refractivity contribution in [3.63, 3.8) is 0 Å². The first-order valence-electron chi connectivity index (χ1n) is 7.09. The van der Waals surface area contributed by atoms with E-state index in [0.717, 1.165) is 12.8 Å². The van der Waals surface area contributed by atoms with Gasteiger partial charge in [0.1, 0.15) is 11.7 Å². The Morgan fingerprint density at radius 1 is 1.20 bits per heavy atom. The lowest BCUT2D eigenvalue weighted by Crippen LogP contribution is -2.77. The maximum atomic E-state index is 11.4. The third-order valence-corrected chi connectivity index (χ3v) is 5.07. The number of rotatable bonds is 1. The van der Waals surface area contributed by atoms with Gasteiger partial charge in [0.2, 0.25) is 5.79 Å². The van der Waals surface area contributed by atoms with E-state index in [1.807, 2.05) is 19.1 Å². The zero-order valence-electron chi connectivity index (χ0n) is 12.7.